The largest absolute Gasteiger partial charge is 0.346 e. The highest BCUT2D eigenvalue weighted by Crippen LogP contribution is 2.18. The first kappa shape index (κ1) is 15.6. The molecule has 6 nitrogen and oxygen atoms in total. The van der Waals surface area contributed by atoms with Crippen molar-refractivity contribution in [2.24, 2.45) is 0 Å². The van der Waals surface area contributed by atoms with Gasteiger partial charge in [-0.3, -0.25) is 14.2 Å². The monoisotopic (exact) mass is 309 g/mol. The van der Waals surface area contributed by atoms with Crippen LogP contribution in [-0.2, 0) is 17.9 Å². The van der Waals surface area contributed by atoms with Crippen LogP contribution in [0.4, 0.5) is 0 Å². The van der Waals surface area contributed by atoms with Crippen molar-refractivity contribution in [3.63, 3.8) is 0 Å². The second-order valence-corrected chi connectivity index (χ2v) is 5.41. The van der Waals surface area contributed by atoms with Crippen LogP contribution in [0, 0.1) is 13.8 Å². The van der Waals surface area contributed by atoms with Gasteiger partial charge < -0.3 is 5.32 Å². The van der Waals surface area contributed by atoms with E-state index >= 15 is 0 Å². The van der Waals surface area contributed by atoms with Gasteiger partial charge in [-0.2, -0.15) is 10.2 Å². The van der Waals surface area contributed by atoms with Crippen LogP contribution >= 0.6 is 11.6 Å². The van der Waals surface area contributed by atoms with E-state index in [4.69, 9.17) is 11.6 Å². The Bertz CT molecular complexity index is 646. The molecule has 0 aliphatic rings. The van der Waals surface area contributed by atoms with E-state index in [2.05, 4.69) is 15.5 Å². The zero-order valence-corrected chi connectivity index (χ0v) is 13.5. The van der Waals surface area contributed by atoms with Gasteiger partial charge in [0.25, 0.3) is 0 Å². The Hall–Kier alpha value is -1.82. The number of rotatable bonds is 5. The van der Waals surface area contributed by atoms with Gasteiger partial charge in [0.2, 0.25) is 5.91 Å². The lowest BCUT2D eigenvalue weighted by molar-refractivity contribution is -0.122. The van der Waals surface area contributed by atoms with Crippen molar-refractivity contribution in [3.05, 3.63) is 34.4 Å². The molecule has 0 radical (unpaired) electrons. The van der Waals surface area contributed by atoms with Crippen molar-refractivity contribution in [2.45, 2.75) is 46.8 Å². The molecule has 0 saturated heterocycles. The maximum atomic E-state index is 12.1. The molecule has 2 rings (SSSR count). The van der Waals surface area contributed by atoms with E-state index in [0.717, 1.165) is 23.6 Å². The van der Waals surface area contributed by atoms with Gasteiger partial charge in [-0.05, 0) is 33.8 Å². The van der Waals surface area contributed by atoms with E-state index in [1.165, 1.54) is 0 Å². The van der Waals surface area contributed by atoms with E-state index < -0.39 is 0 Å². The zero-order valence-electron chi connectivity index (χ0n) is 12.7. The first-order valence-electron chi connectivity index (χ1n) is 6.94. The highest BCUT2D eigenvalue weighted by Gasteiger charge is 2.15. The maximum absolute atomic E-state index is 12.1. The van der Waals surface area contributed by atoms with Crippen LogP contribution < -0.4 is 5.32 Å². The van der Waals surface area contributed by atoms with Crippen LogP contribution in [0.15, 0.2) is 12.3 Å². The average Bonchev–Trinajstić information content (AvgIpc) is 3.01. The molecule has 0 bridgehead atoms. The highest BCUT2D eigenvalue weighted by atomic mass is 35.5. The van der Waals surface area contributed by atoms with Crippen LogP contribution in [-0.4, -0.2) is 25.5 Å². The number of amides is 1. The number of nitrogens with zero attached hydrogens (tertiary/aromatic N) is 4. The lowest BCUT2D eigenvalue weighted by atomic mass is 10.2. The summed E-state index contributed by atoms with van der Waals surface area (Å²) < 4.78 is 3.45. The van der Waals surface area contributed by atoms with Gasteiger partial charge in [-0.1, -0.05) is 11.6 Å². The third kappa shape index (κ3) is 3.44. The number of carbonyl (C=O) groups is 1. The third-order valence-electron chi connectivity index (χ3n) is 3.39. The maximum Gasteiger partial charge on any atom is 0.242 e. The minimum absolute atomic E-state index is 0.115. The molecule has 21 heavy (non-hydrogen) atoms. The fourth-order valence-corrected chi connectivity index (χ4v) is 2.25. The van der Waals surface area contributed by atoms with Crippen molar-refractivity contribution in [1.29, 1.82) is 0 Å². The topological polar surface area (TPSA) is 64.7 Å². The first-order chi connectivity index (χ1) is 9.92. The Labute approximate surface area is 129 Å². The summed E-state index contributed by atoms with van der Waals surface area (Å²) in [4.78, 5) is 12.1. The molecule has 0 fully saturated rings. The summed E-state index contributed by atoms with van der Waals surface area (Å²) in [6, 6.07) is 1.77. The van der Waals surface area contributed by atoms with Crippen molar-refractivity contribution >= 4 is 17.5 Å². The standard InChI is InChI=1S/C14H20ClN5O/c1-5-19-7-6-12(18-19)9(2)16-13(21)8-20-11(4)14(15)10(3)17-20/h6-7,9H,5,8H2,1-4H3,(H,16,21). The van der Waals surface area contributed by atoms with Gasteiger partial charge in [0.05, 0.1) is 28.1 Å². The minimum Gasteiger partial charge on any atom is -0.346 e. The molecular weight excluding hydrogens is 290 g/mol. The molecule has 7 heteroatoms. The first-order valence-corrected chi connectivity index (χ1v) is 7.32. The van der Waals surface area contributed by atoms with Gasteiger partial charge in [0.1, 0.15) is 6.54 Å². The van der Waals surface area contributed by atoms with Crippen LogP contribution in [0.5, 0.6) is 0 Å². The summed E-state index contributed by atoms with van der Waals surface area (Å²) in [6.45, 7) is 8.57. The number of aromatic nitrogens is 4. The van der Waals surface area contributed by atoms with Crippen molar-refractivity contribution < 1.29 is 4.79 Å². The van der Waals surface area contributed by atoms with Gasteiger partial charge in [-0.25, -0.2) is 0 Å². The summed E-state index contributed by atoms with van der Waals surface area (Å²) in [5.41, 5.74) is 2.38. The summed E-state index contributed by atoms with van der Waals surface area (Å²) in [6.07, 6.45) is 1.90. The third-order valence-corrected chi connectivity index (χ3v) is 3.94. The zero-order chi connectivity index (χ0) is 15.6. The van der Waals surface area contributed by atoms with E-state index in [1.54, 1.807) is 4.68 Å². The predicted octanol–water partition coefficient (Wildman–Crippen LogP) is 2.25. The quantitative estimate of drug-likeness (QED) is 0.921. The number of hydrogen-bond donors (Lipinski definition) is 1. The van der Waals surface area contributed by atoms with E-state index in [1.807, 2.05) is 44.6 Å². The number of aryl methyl sites for hydroxylation is 2. The predicted molar refractivity (Wildman–Crippen MR) is 81.2 cm³/mol. The lowest BCUT2D eigenvalue weighted by Crippen LogP contribution is -2.31. The van der Waals surface area contributed by atoms with E-state index in [0.29, 0.717) is 5.02 Å². The van der Waals surface area contributed by atoms with Crippen LogP contribution in [0.2, 0.25) is 5.02 Å². The van der Waals surface area contributed by atoms with Crippen LogP contribution in [0.25, 0.3) is 0 Å². The van der Waals surface area contributed by atoms with E-state index in [-0.39, 0.29) is 18.5 Å². The molecule has 114 valence electrons. The number of hydrogen-bond acceptors (Lipinski definition) is 3. The Morgan fingerprint density at radius 3 is 2.67 bits per heavy atom. The summed E-state index contributed by atoms with van der Waals surface area (Å²) in [5, 5.41) is 12.2. The van der Waals surface area contributed by atoms with Crippen molar-refractivity contribution in [3.8, 4) is 0 Å². The normalized spacial score (nSPS) is 12.4. The molecule has 1 atom stereocenters. The number of carbonyl (C=O) groups excluding carboxylic acids is 1. The summed E-state index contributed by atoms with van der Waals surface area (Å²) >= 11 is 6.07. The Morgan fingerprint density at radius 2 is 2.14 bits per heavy atom. The summed E-state index contributed by atoms with van der Waals surface area (Å²) in [5.74, 6) is -0.115. The molecule has 0 aliphatic heterocycles. The Morgan fingerprint density at radius 1 is 1.43 bits per heavy atom. The second-order valence-electron chi connectivity index (χ2n) is 5.03. The van der Waals surface area contributed by atoms with Gasteiger partial charge in [-0.15, -0.1) is 0 Å². The SMILES string of the molecule is CCn1ccc(C(C)NC(=O)Cn2nc(C)c(Cl)c2C)n1. The molecule has 2 aromatic heterocycles. The second kappa shape index (κ2) is 6.30. The molecule has 0 aromatic carbocycles. The fourth-order valence-electron chi connectivity index (χ4n) is 2.11. The summed E-state index contributed by atoms with van der Waals surface area (Å²) in [7, 11) is 0. The van der Waals surface area contributed by atoms with Gasteiger partial charge in [0, 0.05) is 12.7 Å². The van der Waals surface area contributed by atoms with E-state index in [9.17, 15) is 4.79 Å². The van der Waals surface area contributed by atoms with Crippen LogP contribution in [0.3, 0.4) is 0 Å². The van der Waals surface area contributed by atoms with Gasteiger partial charge >= 0.3 is 0 Å². The minimum atomic E-state index is -0.141. The molecule has 2 heterocycles. The molecule has 2 aromatic rings. The molecule has 0 saturated carbocycles. The Balaban J connectivity index is 1.99. The number of halogens is 1. The van der Waals surface area contributed by atoms with Gasteiger partial charge in [0.15, 0.2) is 0 Å². The molecule has 1 unspecified atom stereocenters. The molecular formula is C14H20ClN5O. The van der Waals surface area contributed by atoms with Crippen LogP contribution in [0.1, 0.15) is 37.0 Å². The highest BCUT2D eigenvalue weighted by molar-refractivity contribution is 6.31. The molecule has 0 aliphatic carbocycles. The lowest BCUT2D eigenvalue weighted by Gasteiger charge is -2.12. The smallest absolute Gasteiger partial charge is 0.242 e. The van der Waals surface area contributed by atoms with Crippen molar-refractivity contribution in [1.82, 2.24) is 24.9 Å². The molecule has 0 spiro atoms. The fraction of sp³-hybridized carbons (Fsp3) is 0.500. The molecule has 1 N–H and O–H groups in total. The Kier molecular flexibility index (Phi) is 4.67. The number of nitrogens with one attached hydrogen (secondary N) is 1. The molecule has 1 amide bonds. The van der Waals surface area contributed by atoms with Crippen molar-refractivity contribution in [2.75, 3.05) is 0 Å². The average molecular weight is 310 g/mol.